The minimum absolute atomic E-state index is 0.126. The molecule has 0 fully saturated rings. The SMILES string of the molecule is CC(Br)C(=O)N(Cc1ccccc1)C(C)C. The molecule has 0 N–H and O–H groups in total. The Balaban J connectivity index is 2.77. The summed E-state index contributed by atoms with van der Waals surface area (Å²) < 4.78 is 0. The van der Waals surface area contributed by atoms with E-state index < -0.39 is 0 Å². The van der Waals surface area contributed by atoms with Crippen LogP contribution in [0.2, 0.25) is 0 Å². The van der Waals surface area contributed by atoms with Gasteiger partial charge in [0.15, 0.2) is 0 Å². The number of benzene rings is 1. The van der Waals surface area contributed by atoms with E-state index in [0.29, 0.717) is 6.54 Å². The van der Waals surface area contributed by atoms with E-state index in [4.69, 9.17) is 0 Å². The third-order valence-electron chi connectivity index (χ3n) is 2.44. The smallest absolute Gasteiger partial charge is 0.236 e. The Morgan fingerprint density at radius 2 is 1.81 bits per heavy atom. The van der Waals surface area contributed by atoms with E-state index in [1.165, 1.54) is 0 Å². The first-order chi connectivity index (χ1) is 7.52. The van der Waals surface area contributed by atoms with Crippen LogP contribution in [0.3, 0.4) is 0 Å². The lowest BCUT2D eigenvalue weighted by Crippen LogP contribution is -2.39. The lowest BCUT2D eigenvalue weighted by molar-refractivity contribution is -0.132. The fourth-order valence-electron chi connectivity index (χ4n) is 1.52. The molecule has 1 unspecified atom stereocenters. The van der Waals surface area contributed by atoms with Crippen LogP contribution in [0.1, 0.15) is 26.3 Å². The van der Waals surface area contributed by atoms with Gasteiger partial charge in [-0.05, 0) is 26.3 Å². The third kappa shape index (κ3) is 3.63. The molecule has 16 heavy (non-hydrogen) atoms. The molecule has 0 aliphatic carbocycles. The summed E-state index contributed by atoms with van der Waals surface area (Å²) in [5.41, 5.74) is 1.16. The van der Waals surface area contributed by atoms with Gasteiger partial charge in [-0.1, -0.05) is 46.3 Å². The van der Waals surface area contributed by atoms with Gasteiger partial charge >= 0.3 is 0 Å². The zero-order valence-corrected chi connectivity index (χ0v) is 11.6. The van der Waals surface area contributed by atoms with Crippen molar-refractivity contribution in [3.63, 3.8) is 0 Å². The highest BCUT2D eigenvalue weighted by Gasteiger charge is 2.20. The fourth-order valence-corrected chi connectivity index (χ4v) is 1.79. The first-order valence-corrected chi connectivity index (χ1v) is 6.42. The van der Waals surface area contributed by atoms with Crippen LogP contribution in [-0.2, 0) is 11.3 Å². The molecule has 0 radical (unpaired) electrons. The number of carbonyl (C=O) groups is 1. The topological polar surface area (TPSA) is 20.3 Å². The molecule has 1 aromatic rings. The second kappa shape index (κ2) is 6.04. The first kappa shape index (κ1) is 13.2. The Labute approximate surface area is 106 Å². The van der Waals surface area contributed by atoms with E-state index >= 15 is 0 Å². The summed E-state index contributed by atoms with van der Waals surface area (Å²) in [6.07, 6.45) is 0. The fraction of sp³-hybridized carbons (Fsp3) is 0.462. The van der Waals surface area contributed by atoms with Gasteiger partial charge in [0.05, 0.1) is 4.83 Å². The highest BCUT2D eigenvalue weighted by molar-refractivity contribution is 9.10. The number of nitrogens with zero attached hydrogens (tertiary/aromatic N) is 1. The predicted octanol–water partition coefficient (Wildman–Crippen LogP) is 3.21. The largest absolute Gasteiger partial charge is 0.335 e. The molecule has 0 aromatic heterocycles. The molecule has 0 saturated heterocycles. The van der Waals surface area contributed by atoms with Crippen LogP contribution in [-0.4, -0.2) is 21.7 Å². The van der Waals surface area contributed by atoms with Gasteiger partial charge in [-0.25, -0.2) is 0 Å². The summed E-state index contributed by atoms with van der Waals surface area (Å²) >= 11 is 3.33. The van der Waals surface area contributed by atoms with E-state index in [2.05, 4.69) is 15.9 Å². The van der Waals surface area contributed by atoms with Crippen molar-refractivity contribution in [1.82, 2.24) is 4.90 Å². The van der Waals surface area contributed by atoms with Gasteiger partial charge in [0.2, 0.25) is 5.91 Å². The Kier molecular flexibility index (Phi) is 5.00. The molecule has 2 nitrogen and oxygen atoms in total. The second-order valence-electron chi connectivity index (χ2n) is 4.16. The van der Waals surface area contributed by atoms with Crippen LogP contribution < -0.4 is 0 Å². The van der Waals surface area contributed by atoms with E-state index in [9.17, 15) is 4.79 Å². The maximum absolute atomic E-state index is 12.0. The molecule has 0 saturated carbocycles. The minimum atomic E-state index is -0.126. The number of amides is 1. The van der Waals surface area contributed by atoms with Gasteiger partial charge in [0.25, 0.3) is 0 Å². The van der Waals surface area contributed by atoms with Crippen LogP contribution in [0.15, 0.2) is 30.3 Å². The van der Waals surface area contributed by atoms with Gasteiger partial charge in [0, 0.05) is 12.6 Å². The van der Waals surface area contributed by atoms with Gasteiger partial charge in [0.1, 0.15) is 0 Å². The quantitative estimate of drug-likeness (QED) is 0.777. The molecule has 0 heterocycles. The number of halogens is 1. The second-order valence-corrected chi connectivity index (χ2v) is 5.54. The standard InChI is InChI=1S/C13H18BrNO/c1-10(2)15(13(16)11(3)14)9-12-7-5-4-6-8-12/h4-8,10-11H,9H2,1-3H3. The molecule has 88 valence electrons. The van der Waals surface area contributed by atoms with Crippen molar-refractivity contribution in [3.8, 4) is 0 Å². The molecule has 3 heteroatoms. The molecule has 0 spiro atoms. The van der Waals surface area contributed by atoms with E-state index in [0.717, 1.165) is 5.56 Å². The summed E-state index contributed by atoms with van der Waals surface area (Å²) in [5, 5.41) is 0. The Morgan fingerprint density at radius 1 is 1.25 bits per heavy atom. The summed E-state index contributed by atoms with van der Waals surface area (Å²) in [4.78, 5) is 13.7. The van der Waals surface area contributed by atoms with Crippen molar-refractivity contribution in [1.29, 1.82) is 0 Å². The summed E-state index contributed by atoms with van der Waals surface area (Å²) in [5.74, 6) is 0.138. The number of alkyl halides is 1. The summed E-state index contributed by atoms with van der Waals surface area (Å²) in [7, 11) is 0. The maximum Gasteiger partial charge on any atom is 0.236 e. The van der Waals surface area contributed by atoms with Crippen LogP contribution in [0, 0.1) is 0 Å². The molecule has 0 aliphatic rings. The number of hydrogen-bond acceptors (Lipinski definition) is 1. The molecular weight excluding hydrogens is 266 g/mol. The molecule has 0 bridgehead atoms. The molecule has 0 aliphatic heterocycles. The molecular formula is C13H18BrNO. The summed E-state index contributed by atoms with van der Waals surface area (Å²) in [6, 6.07) is 10.3. The van der Waals surface area contributed by atoms with Crippen molar-refractivity contribution >= 4 is 21.8 Å². The number of hydrogen-bond donors (Lipinski definition) is 0. The average molecular weight is 284 g/mol. The van der Waals surface area contributed by atoms with Crippen LogP contribution in [0.4, 0.5) is 0 Å². The molecule has 1 amide bonds. The third-order valence-corrected chi connectivity index (χ3v) is 2.83. The Morgan fingerprint density at radius 3 is 2.25 bits per heavy atom. The van der Waals surface area contributed by atoms with Gasteiger partial charge in [-0.3, -0.25) is 4.79 Å². The molecule has 1 aromatic carbocycles. The Bertz CT molecular complexity index is 335. The Hall–Kier alpha value is -0.830. The average Bonchev–Trinajstić information content (AvgIpc) is 2.26. The van der Waals surface area contributed by atoms with Crippen LogP contribution >= 0.6 is 15.9 Å². The number of carbonyl (C=O) groups excluding carboxylic acids is 1. The minimum Gasteiger partial charge on any atom is -0.335 e. The molecule has 1 atom stereocenters. The van der Waals surface area contributed by atoms with Gasteiger partial charge < -0.3 is 4.90 Å². The van der Waals surface area contributed by atoms with Crippen LogP contribution in [0.25, 0.3) is 0 Å². The highest BCUT2D eigenvalue weighted by atomic mass is 79.9. The number of rotatable bonds is 4. The van der Waals surface area contributed by atoms with E-state index in [1.807, 2.05) is 56.0 Å². The maximum atomic E-state index is 12.0. The lowest BCUT2D eigenvalue weighted by Gasteiger charge is -2.28. The van der Waals surface area contributed by atoms with Crippen molar-refractivity contribution < 1.29 is 4.79 Å². The normalized spacial score (nSPS) is 12.6. The monoisotopic (exact) mass is 283 g/mol. The first-order valence-electron chi connectivity index (χ1n) is 5.51. The van der Waals surface area contributed by atoms with Crippen molar-refractivity contribution in [3.05, 3.63) is 35.9 Å². The van der Waals surface area contributed by atoms with Crippen LogP contribution in [0.5, 0.6) is 0 Å². The zero-order valence-electron chi connectivity index (χ0n) is 9.98. The van der Waals surface area contributed by atoms with E-state index in [-0.39, 0.29) is 16.8 Å². The van der Waals surface area contributed by atoms with Crippen molar-refractivity contribution in [2.24, 2.45) is 0 Å². The summed E-state index contributed by atoms with van der Waals surface area (Å²) in [6.45, 7) is 6.61. The predicted molar refractivity (Wildman–Crippen MR) is 70.5 cm³/mol. The highest BCUT2D eigenvalue weighted by Crippen LogP contribution is 2.12. The van der Waals surface area contributed by atoms with Gasteiger partial charge in [-0.2, -0.15) is 0 Å². The van der Waals surface area contributed by atoms with Crippen molar-refractivity contribution in [2.45, 2.75) is 38.2 Å². The zero-order chi connectivity index (χ0) is 12.1. The van der Waals surface area contributed by atoms with Crippen molar-refractivity contribution in [2.75, 3.05) is 0 Å². The van der Waals surface area contributed by atoms with Gasteiger partial charge in [-0.15, -0.1) is 0 Å². The lowest BCUT2D eigenvalue weighted by atomic mass is 10.2. The molecule has 1 rings (SSSR count). The van der Waals surface area contributed by atoms with E-state index in [1.54, 1.807) is 0 Å².